The first-order valence-corrected chi connectivity index (χ1v) is 5.65. The molecule has 100 valence electrons. The molecule has 0 fully saturated rings. The first-order valence-electron chi connectivity index (χ1n) is 5.65. The largest absolute Gasteiger partial charge is 0.493 e. The van der Waals surface area contributed by atoms with Crippen LogP contribution in [0.1, 0.15) is 23.7 Å². The van der Waals surface area contributed by atoms with Gasteiger partial charge in [-0.15, -0.1) is 0 Å². The number of methoxy groups -OCH3 is 2. The lowest BCUT2D eigenvalue weighted by Crippen LogP contribution is -2.14. The summed E-state index contributed by atoms with van der Waals surface area (Å²) in [5, 5.41) is 8.88. The molecule has 0 radical (unpaired) electrons. The maximum Gasteiger partial charge on any atom is 0.335 e. The summed E-state index contributed by atoms with van der Waals surface area (Å²) in [6.07, 6.45) is 0.717. The van der Waals surface area contributed by atoms with E-state index in [9.17, 15) is 4.79 Å². The highest BCUT2D eigenvalue weighted by Gasteiger charge is 2.12. The van der Waals surface area contributed by atoms with Crippen LogP contribution in [-0.4, -0.2) is 38.0 Å². The van der Waals surface area contributed by atoms with E-state index in [0.717, 1.165) is 6.42 Å². The van der Waals surface area contributed by atoms with E-state index in [-0.39, 0.29) is 11.7 Å². The molecule has 0 aliphatic heterocycles. The fourth-order valence-electron chi connectivity index (χ4n) is 1.46. The molecule has 0 bridgehead atoms. The van der Waals surface area contributed by atoms with Crippen LogP contribution in [0.2, 0.25) is 0 Å². The third-order valence-electron chi connectivity index (χ3n) is 2.47. The van der Waals surface area contributed by atoms with Crippen LogP contribution in [0.3, 0.4) is 0 Å². The summed E-state index contributed by atoms with van der Waals surface area (Å²) >= 11 is 0. The molecular weight excluding hydrogens is 236 g/mol. The quantitative estimate of drug-likeness (QED) is 0.808. The Balaban J connectivity index is 2.79. The fourth-order valence-corrected chi connectivity index (χ4v) is 1.46. The molecule has 1 rings (SSSR count). The van der Waals surface area contributed by atoms with Crippen LogP contribution >= 0.6 is 0 Å². The van der Waals surface area contributed by atoms with E-state index in [0.29, 0.717) is 18.1 Å². The molecule has 0 saturated carbocycles. The monoisotopic (exact) mass is 254 g/mol. The standard InChI is InChI=1S/C13H18O5/c1-9(6-7-16-2)18-11-5-4-10(13(14)15)8-12(11)17-3/h4-5,8-9H,6-7H2,1-3H3,(H,14,15). The summed E-state index contributed by atoms with van der Waals surface area (Å²) < 4.78 is 15.8. The molecule has 0 aliphatic carbocycles. The van der Waals surface area contributed by atoms with Gasteiger partial charge in [-0.2, -0.15) is 0 Å². The number of aromatic carboxylic acids is 1. The summed E-state index contributed by atoms with van der Waals surface area (Å²) in [5.74, 6) is -0.0439. The lowest BCUT2D eigenvalue weighted by Gasteiger charge is -2.16. The number of carbonyl (C=O) groups is 1. The minimum Gasteiger partial charge on any atom is -0.493 e. The van der Waals surface area contributed by atoms with Crippen molar-refractivity contribution in [3.8, 4) is 11.5 Å². The van der Waals surface area contributed by atoms with Gasteiger partial charge in [0.1, 0.15) is 0 Å². The van der Waals surface area contributed by atoms with Crippen LogP contribution < -0.4 is 9.47 Å². The summed E-state index contributed by atoms with van der Waals surface area (Å²) in [6, 6.07) is 4.54. The Kier molecular flexibility index (Phi) is 5.45. The van der Waals surface area contributed by atoms with Crippen LogP contribution in [0.25, 0.3) is 0 Å². The van der Waals surface area contributed by atoms with Crippen molar-refractivity contribution < 1.29 is 24.1 Å². The topological polar surface area (TPSA) is 65.0 Å². The number of benzene rings is 1. The number of ether oxygens (including phenoxy) is 3. The minimum absolute atomic E-state index is 0.0328. The second kappa shape index (κ2) is 6.86. The molecule has 1 aromatic rings. The second-order valence-corrected chi connectivity index (χ2v) is 3.88. The van der Waals surface area contributed by atoms with Crippen molar-refractivity contribution in [3.63, 3.8) is 0 Å². The van der Waals surface area contributed by atoms with Gasteiger partial charge in [-0.3, -0.25) is 0 Å². The Morgan fingerprint density at radius 2 is 2.06 bits per heavy atom. The van der Waals surface area contributed by atoms with Crippen molar-refractivity contribution in [2.75, 3.05) is 20.8 Å². The molecule has 0 saturated heterocycles. The van der Waals surface area contributed by atoms with Gasteiger partial charge in [-0.05, 0) is 25.1 Å². The van der Waals surface area contributed by atoms with Crippen LogP contribution in [-0.2, 0) is 4.74 Å². The van der Waals surface area contributed by atoms with Gasteiger partial charge in [-0.1, -0.05) is 0 Å². The van der Waals surface area contributed by atoms with Gasteiger partial charge in [-0.25, -0.2) is 4.79 Å². The van der Waals surface area contributed by atoms with Crippen LogP contribution in [0.5, 0.6) is 11.5 Å². The van der Waals surface area contributed by atoms with Crippen molar-refractivity contribution >= 4 is 5.97 Å². The van der Waals surface area contributed by atoms with E-state index >= 15 is 0 Å². The average molecular weight is 254 g/mol. The Hall–Kier alpha value is -1.75. The van der Waals surface area contributed by atoms with Crippen molar-refractivity contribution in [3.05, 3.63) is 23.8 Å². The molecule has 0 aromatic heterocycles. The first-order chi connectivity index (χ1) is 8.58. The molecule has 18 heavy (non-hydrogen) atoms. The SMILES string of the molecule is COCCC(C)Oc1ccc(C(=O)O)cc1OC. The summed E-state index contributed by atoms with van der Waals surface area (Å²) in [6.45, 7) is 2.53. The van der Waals surface area contributed by atoms with E-state index in [1.54, 1.807) is 13.2 Å². The Morgan fingerprint density at radius 1 is 1.33 bits per heavy atom. The zero-order valence-electron chi connectivity index (χ0n) is 10.8. The highest BCUT2D eigenvalue weighted by molar-refractivity contribution is 5.88. The van der Waals surface area contributed by atoms with Crippen molar-refractivity contribution in [1.82, 2.24) is 0 Å². The molecule has 0 spiro atoms. The highest BCUT2D eigenvalue weighted by atomic mass is 16.5. The van der Waals surface area contributed by atoms with E-state index in [1.165, 1.54) is 19.2 Å². The summed E-state index contributed by atoms with van der Waals surface area (Å²) in [5.41, 5.74) is 0.170. The maximum atomic E-state index is 10.8. The lowest BCUT2D eigenvalue weighted by atomic mass is 10.2. The average Bonchev–Trinajstić information content (AvgIpc) is 2.36. The number of carboxylic acids is 1. The third kappa shape index (κ3) is 3.92. The Bertz CT molecular complexity index is 402. The minimum atomic E-state index is -0.993. The van der Waals surface area contributed by atoms with E-state index in [2.05, 4.69) is 0 Å². The molecule has 1 unspecified atom stereocenters. The maximum absolute atomic E-state index is 10.8. The summed E-state index contributed by atoms with van der Waals surface area (Å²) in [7, 11) is 3.11. The Morgan fingerprint density at radius 3 is 2.61 bits per heavy atom. The van der Waals surface area contributed by atoms with Crippen LogP contribution in [0.15, 0.2) is 18.2 Å². The molecule has 5 nitrogen and oxygen atoms in total. The van der Waals surface area contributed by atoms with E-state index in [4.69, 9.17) is 19.3 Å². The van der Waals surface area contributed by atoms with Gasteiger partial charge in [0.2, 0.25) is 0 Å². The summed E-state index contributed by atoms with van der Waals surface area (Å²) in [4.78, 5) is 10.8. The van der Waals surface area contributed by atoms with Crippen molar-refractivity contribution in [2.45, 2.75) is 19.4 Å². The van der Waals surface area contributed by atoms with Crippen molar-refractivity contribution in [1.29, 1.82) is 0 Å². The fraction of sp³-hybridized carbons (Fsp3) is 0.462. The first kappa shape index (κ1) is 14.3. The second-order valence-electron chi connectivity index (χ2n) is 3.88. The smallest absolute Gasteiger partial charge is 0.335 e. The van der Waals surface area contributed by atoms with Gasteiger partial charge in [0.15, 0.2) is 11.5 Å². The molecule has 0 aliphatic rings. The molecule has 1 aromatic carbocycles. The van der Waals surface area contributed by atoms with Gasteiger partial charge in [0.05, 0.1) is 18.8 Å². The molecule has 0 heterocycles. The van der Waals surface area contributed by atoms with Gasteiger partial charge >= 0.3 is 5.97 Å². The van der Waals surface area contributed by atoms with Gasteiger partial charge in [0.25, 0.3) is 0 Å². The number of hydrogen-bond acceptors (Lipinski definition) is 4. The highest BCUT2D eigenvalue weighted by Crippen LogP contribution is 2.29. The van der Waals surface area contributed by atoms with E-state index < -0.39 is 5.97 Å². The number of hydrogen-bond donors (Lipinski definition) is 1. The predicted molar refractivity (Wildman–Crippen MR) is 66.5 cm³/mol. The third-order valence-corrected chi connectivity index (χ3v) is 2.47. The molecule has 1 N–H and O–H groups in total. The zero-order valence-corrected chi connectivity index (χ0v) is 10.8. The van der Waals surface area contributed by atoms with Gasteiger partial charge < -0.3 is 19.3 Å². The Labute approximate surface area is 106 Å². The zero-order chi connectivity index (χ0) is 13.5. The van der Waals surface area contributed by atoms with Gasteiger partial charge in [0, 0.05) is 20.1 Å². The molecule has 5 heteroatoms. The van der Waals surface area contributed by atoms with Crippen LogP contribution in [0, 0.1) is 0 Å². The van der Waals surface area contributed by atoms with Crippen LogP contribution in [0.4, 0.5) is 0 Å². The molecule has 1 atom stereocenters. The molecule has 0 amide bonds. The van der Waals surface area contributed by atoms with Crippen molar-refractivity contribution in [2.24, 2.45) is 0 Å². The predicted octanol–water partition coefficient (Wildman–Crippen LogP) is 2.20. The number of rotatable bonds is 7. The molecular formula is C13H18O5. The lowest BCUT2D eigenvalue weighted by molar-refractivity contribution is 0.0696. The normalized spacial score (nSPS) is 11.9. The number of carboxylic acid groups (broad SMARTS) is 1. The van der Waals surface area contributed by atoms with E-state index in [1.807, 2.05) is 6.92 Å².